The van der Waals surface area contributed by atoms with Crippen LogP contribution in [0.2, 0.25) is 0 Å². The van der Waals surface area contributed by atoms with Crippen LogP contribution in [0.1, 0.15) is 56.1 Å². The van der Waals surface area contributed by atoms with Crippen molar-refractivity contribution in [2.45, 2.75) is 45.6 Å². The summed E-state index contributed by atoms with van der Waals surface area (Å²) in [6.45, 7) is 4.74. The Morgan fingerprint density at radius 2 is 1.70 bits per heavy atom. The molecule has 1 aliphatic rings. The lowest BCUT2D eigenvalue weighted by molar-refractivity contribution is -0.134. The van der Waals surface area contributed by atoms with Gasteiger partial charge in [0.2, 0.25) is 0 Å². The van der Waals surface area contributed by atoms with Crippen LogP contribution in [-0.4, -0.2) is 46.3 Å². The first-order chi connectivity index (χ1) is 13.0. The minimum Gasteiger partial charge on any atom is -0.451 e. The molecular weight excluding hydrogens is 346 g/mol. The maximum absolute atomic E-state index is 12.6. The lowest BCUT2D eigenvalue weighted by Crippen LogP contribution is -2.35. The van der Waals surface area contributed by atoms with E-state index in [-0.39, 0.29) is 29.8 Å². The van der Waals surface area contributed by atoms with Gasteiger partial charge >= 0.3 is 5.97 Å². The van der Waals surface area contributed by atoms with E-state index in [9.17, 15) is 14.4 Å². The Balaban J connectivity index is 1.82. The number of amides is 1. The summed E-state index contributed by atoms with van der Waals surface area (Å²) in [7, 11) is 0. The van der Waals surface area contributed by atoms with Gasteiger partial charge in [0.05, 0.1) is 11.4 Å². The van der Waals surface area contributed by atoms with Crippen molar-refractivity contribution in [3.63, 3.8) is 0 Å². The summed E-state index contributed by atoms with van der Waals surface area (Å²) in [5, 5.41) is 5.06. The number of fused-ring (bicyclic) bond motifs is 1. The highest BCUT2D eigenvalue weighted by Crippen LogP contribution is 2.16. The molecule has 0 spiro atoms. The Morgan fingerprint density at radius 3 is 2.33 bits per heavy atom. The van der Waals surface area contributed by atoms with E-state index in [1.165, 1.54) is 4.68 Å². The van der Waals surface area contributed by atoms with Crippen molar-refractivity contribution in [2.24, 2.45) is 0 Å². The van der Waals surface area contributed by atoms with Crippen molar-refractivity contribution in [1.82, 2.24) is 14.7 Å². The highest BCUT2D eigenvalue weighted by atomic mass is 16.5. The van der Waals surface area contributed by atoms with E-state index in [1.807, 2.05) is 13.8 Å². The highest BCUT2D eigenvalue weighted by Gasteiger charge is 2.22. The molecule has 2 heterocycles. The van der Waals surface area contributed by atoms with Gasteiger partial charge in [0, 0.05) is 18.5 Å². The van der Waals surface area contributed by atoms with Crippen molar-refractivity contribution in [3.05, 3.63) is 40.3 Å². The standard InChI is InChI=1S/C20H25N3O4/c1-14(2)23-19(25)16-10-6-5-9-15(16)18(21-23)20(26)27-13-17(24)22-11-7-3-4-8-12-22/h5-6,9-10,14H,3-4,7-8,11-13H2,1-2H3. The number of rotatable bonds is 4. The molecule has 144 valence electrons. The van der Waals surface area contributed by atoms with Gasteiger partial charge in [-0.1, -0.05) is 31.0 Å². The molecule has 0 N–H and O–H groups in total. The summed E-state index contributed by atoms with van der Waals surface area (Å²) in [6.07, 6.45) is 4.20. The topological polar surface area (TPSA) is 81.5 Å². The van der Waals surface area contributed by atoms with E-state index in [4.69, 9.17) is 4.74 Å². The number of nitrogens with zero attached hydrogens (tertiary/aromatic N) is 3. The van der Waals surface area contributed by atoms with Crippen LogP contribution >= 0.6 is 0 Å². The molecule has 1 aromatic heterocycles. The van der Waals surface area contributed by atoms with E-state index in [1.54, 1.807) is 29.2 Å². The summed E-state index contributed by atoms with van der Waals surface area (Å²) in [6, 6.07) is 6.61. The van der Waals surface area contributed by atoms with Crippen LogP contribution in [0, 0.1) is 0 Å². The van der Waals surface area contributed by atoms with Crippen LogP contribution < -0.4 is 5.56 Å². The van der Waals surface area contributed by atoms with E-state index >= 15 is 0 Å². The molecule has 0 saturated carbocycles. The third kappa shape index (κ3) is 4.18. The molecule has 0 atom stereocenters. The number of hydrogen-bond acceptors (Lipinski definition) is 5. The zero-order valence-corrected chi connectivity index (χ0v) is 15.8. The first-order valence-electron chi connectivity index (χ1n) is 9.45. The van der Waals surface area contributed by atoms with Gasteiger partial charge < -0.3 is 9.64 Å². The van der Waals surface area contributed by atoms with Gasteiger partial charge in [0.1, 0.15) is 0 Å². The predicted octanol–water partition coefficient (Wildman–Crippen LogP) is 2.54. The maximum atomic E-state index is 12.6. The lowest BCUT2D eigenvalue weighted by Gasteiger charge is -2.20. The summed E-state index contributed by atoms with van der Waals surface area (Å²) >= 11 is 0. The average Bonchev–Trinajstić information content (AvgIpc) is 2.95. The second-order valence-electron chi connectivity index (χ2n) is 7.11. The molecule has 1 aromatic carbocycles. The van der Waals surface area contributed by atoms with Crippen LogP contribution in [0.4, 0.5) is 0 Å². The number of carbonyl (C=O) groups excluding carboxylic acids is 2. The SMILES string of the molecule is CC(C)n1nc(C(=O)OCC(=O)N2CCCCCC2)c2ccccc2c1=O. The van der Waals surface area contributed by atoms with Crippen LogP contribution in [0.3, 0.4) is 0 Å². The number of aromatic nitrogens is 2. The fourth-order valence-electron chi connectivity index (χ4n) is 3.31. The zero-order valence-electron chi connectivity index (χ0n) is 15.8. The monoisotopic (exact) mass is 371 g/mol. The molecule has 1 saturated heterocycles. The van der Waals surface area contributed by atoms with Crippen LogP contribution in [-0.2, 0) is 9.53 Å². The molecule has 0 bridgehead atoms. The first kappa shape index (κ1) is 19.1. The number of hydrogen-bond donors (Lipinski definition) is 0. The molecule has 0 unspecified atom stereocenters. The van der Waals surface area contributed by atoms with Gasteiger partial charge in [-0.15, -0.1) is 0 Å². The number of ether oxygens (including phenoxy) is 1. The number of likely N-dealkylation sites (tertiary alicyclic amines) is 1. The molecule has 1 aliphatic heterocycles. The molecule has 0 aliphatic carbocycles. The highest BCUT2D eigenvalue weighted by molar-refractivity contribution is 6.02. The third-order valence-electron chi connectivity index (χ3n) is 4.80. The summed E-state index contributed by atoms with van der Waals surface area (Å²) < 4.78 is 6.53. The van der Waals surface area contributed by atoms with E-state index in [2.05, 4.69) is 5.10 Å². The largest absolute Gasteiger partial charge is 0.451 e. The number of benzene rings is 1. The number of carbonyl (C=O) groups is 2. The summed E-state index contributed by atoms with van der Waals surface area (Å²) in [4.78, 5) is 39.3. The van der Waals surface area contributed by atoms with Crippen LogP contribution in [0.5, 0.6) is 0 Å². The molecule has 27 heavy (non-hydrogen) atoms. The van der Waals surface area contributed by atoms with Gasteiger partial charge in [-0.3, -0.25) is 9.59 Å². The second-order valence-corrected chi connectivity index (χ2v) is 7.11. The zero-order chi connectivity index (χ0) is 19.4. The molecule has 1 amide bonds. The van der Waals surface area contributed by atoms with Gasteiger partial charge in [-0.2, -0.15) is 5.10 Å². The van der Waals surface area contributed by atoms with Crippen LogP contribution in [0.25, 0.3) is 10.8 Å². The normalized spacial score (nSPS) is 15.0. The number of esters is 1. The second kappa shape index (κ2) is 8.33. The van der Waals surface area contributed by atoms with Crippen molar-refractivity contribution in [1.29, 1.82) is 0 Å². The Labute approximate surface area is 157 Å². The molecular formula is C20H25N3O4. The predicted molar refractivity (Wildman–Crippen MR) is 102 cm³/mol. The minimum atomic E-state index is -0.691. The maximum Gasteiger partial charge on any atom is 0.359 e. The van der Waals surface area contributed by atoms with Crippen molar-refractivity contribution >= 4 is 22.6 Å². The van der Waals surface area contributed by atoms with Gasteiger partial charge in [-0.05, 0) is 32.8 Å². The van der Waals surface area contributed by atoms with Gasteiger partial charge in [-0.25, -0.2) is 9.48 Å². The Bertz CT molecular complexity index is 896. The lowest BCUT2D eigenvalue weighted by atomic mass is 10.1. The quantitative estimate of drug-likeness (QED) is 0.772. The summed E-state index contributed by atoms with van der Waals surface area (Å²) in [5.74, 6) is -0.879. The fraction of sp³-hybridized carbons (Fsp3) is 0.500. The van der Waals surface area contributed by atoms with E-state index < -0.39 is 5.97 Å². The molecule has 7 heteroatoms. The van der Waals surface area contributed by atoms with Gasteiger partial charge in [0.25, 0.3) is 11.5 Å². The molecule has 3 rings (SSSR count). The summed E-state index contributed by atoms with van der Waals surface area (Å²) in [5.41, 5.74) is -0.194. The van der Waals surface area contributed by atoms with Crippen molar-refractivity contribution < 1.29 is 14.3 Å². The third-order valence-corrected chi connectivity index (χ3v) is 4.80. The van der Waals surface area contributed by atoms with Gasteiger partial charge in [0.15, 0.2) is 12.3 Å². The van der Waals surface area contributed by atoms with Crippen molar-refractivity contribution in [3.8, 4) is 0 Å². The molecule has 2 aromatic rings. The average molecular weight is 371 g/mol. The fourth-order valence-corrected chi connectivity index (χ4v) is 3.31. The van der Waals surface area contributed by atoms with E-state index in [0.717, 1.165) is 25.7 Å². The Hall–Kier alpha value is -2.70. The Morgan fingerprint density at radius 1 is 1.07 bits per heavy atom. The molecule has 1 fully saturated rings. The molecule has 7 nitrogen and oxygen atoms in total. The van der Waals surface area contributed by atoms with Crippen molar-refractivity contribution in [2.75, 3.05) is 19.7 Å². The Kier molecular flexibility index (Phi) is 5.88. The van der Waals surface area contributed by atoms with Crippen LogP contribution in [0.15, 0.2) is 29.1 Å². The minimum absolute atomic E-state index is 0.0579. The smallest absolute Gasteiger partial charge is 0.359 e. The molecule has 0 radical (unpaired) electrons. The first-order valence-corrected chi connectivity index (χ1v) is 9.45. The van der Waals surface area contributed by atoms with E-state index in [0.29, 0.717) is 23.9 Å².